The van der Waals surface area contributed by atoms with Crippen LogP contribution >= 0.6 is 24.0 Å². The van der Waals surface area contributed by atoms with Crippen molar-refractivity contribution in [1.29, 1.82) is 0 Å². The maximum atomic E-state index is 11.1. The summed E-state index contributed by atoms with van der Waals surface area (Å²) >= 11 is 0. The minimum Gasteiger partial charge on any atom is -0.355 e. The van der Waals surface area contributed by atoms with E-state index in [-0.39, 0.29) is 35.8 Å². The average Bonchev–Trinajstić information content (AvgIpc) is 2.33. The molecule has 0 aliphatic rings. The number of rotatable bonds is 8. The Balaban J connectivity index is 0. The molecule has 0 heterocycles. The van der Waals surface area contributed by atoms with Crippen molar-refractivity contribution in [3.05, 3.63) is 0 Å². The highest BCUT2D eigenvalue weighted by Gasteiger charge is 2.09. The third kappa shape index (κ3) is 13.3. The number of hydrogen-bond acceptors (Lipinski definition) is 4. The molecule has 6 nitrogen and oxygen atoms in total. The van der Waals surface area contributed by atoms with Crippen molar-refractivity contribution < 1.29 is 8.42 Å². The molecular weight excluding hydrogens is 403 g/mol. The number of nitrogens with zero attached hydrogens (tertiary/aromatic N) is 2. The fraction of sp³-hybridized carbons (Fsp3) is 0.923. The minimum absolute atomic E-state index is 0. The fourth-order valence-electron chi connectivity index (χ4n) is 1.50. The smallest absolute Gasteiger partial charge is 0.191 e. The van der Waals surface area contributed by atoms with Crippen molar-refractivity contribution in [2.45, 2.75) is 39.3 Å². The molecule has 1 atom stereocenters. The summed E-state index contributed by atoms with van der Waals surface area (Å²) in [5.74, 6) is 0.900. The van der Waals surface area contributed by atoms with Gasteiger partial charge in [0.2, 0.25) is 0 Å². The van der Waals surface area contributed by atoms with Gasteiger partial charge in [0.15, 0.2) is 5.96 Å². The van der Waals surface area contributed by atoms with Gasteiger partial charge in [0.05, 0.1) is 5.75 Å². The van der Waals surface area contributed by atoms with Gasteiger partial charge in [-0.25, -0.2) is 8.42 Å². The molecule has 0 saturated carbocycles. The Kier molecular flexibility index (Phi) is 12.7. The van der Waals surface area contributed by atoms with Gasteiger partial charge in [-0.3, -0.25) is 4.99 Å². The monoisotopic (exact) mass is 434 g/mol. The molecule has 21 heavy (non-hydrogen) atoms. The summed E-state index contributed by atoms with van der Waals surface area (Å²) in [5.41, 5.74) is 0. The number of guanidine groups is 1. The first-order chi connectivity index (χ1) is 9.15. The zero-order valence-corrected chi connectivity index (χ0v) is 17.2. The Hall–Kier alpha value is -0.0900. The van der Waals surface area contributed by atoms with Gasteiger partial charge in [-0.1, -0.05) is 0 Å². The lowest BCUT2D eigenvalue weighted by Gasteiger charge is -2.22. The van der Waals surface area contributed by atoms with Crippen LogP contribution in [0.3, 0.4) is 0 Å². The molecule has 128 valence electrons. The lowest BCUT2D eigenvalue weighted by Crippen LogP contribution is -2.45. The quantitative estimate of drug-likeness (QED) is 0.338. The summed E-state index contributed by atoms with van der Waals surface area (Å²) < 4.78 is 22.2. The number of sulfone groups is 1. The molecule has 0 aromatic rings. The third-order valence-corrected chi connectivity index (χ3v) is 4.14. The largest absolute Gasteiger partial charge is 0.355 e. The van der Waals surface area contributed by atoms with Crippen molar-refractivity contribution in [3.8, 4) is 0 Å². The molecular formula is C13H31IN4O2S. The first-order valence-electron chi connectivity index (χ1n) is 7.01. The van der Waals surface area contributed by atoms with E-state index in [1.165, 1.54) is 6.26 Å². The molecule has 0 radical (unpaired) electrons. The normalized spacial score (nSPS) is 14.0. The predicted molar refractivity (Wildman–Crippen MR) is 101 cm³/mol. The Morgan fingerprint density at radius 3 is 2.29 bits per heavy atom. The highest BCUT2D eigenvalue weighted by Crippen LogP contribution is 1.95. The molecule has 0 saturated heterocycles. The zero-order chi connectivity index (χ0) is 15.8. The molecule has 0 rings (SSSR count). The van der Waals surface area contributed by atoms with Gasteiger partial charge in [0.25, 0.3) is 0 Å². The van der Waals surface area contributed by atoms with Gasteiger partial charge in [0, 0.05) is 38.5 Å². The first kappa shape index (κ1) is 23.2. The minimum atomic E-state index is -2.91. The van der Waals surface area contributed by atoms with Crippen LogP contribution in [0.1, 0.15) is 27.2 Å². The summed E-state index contributed by atoms with van der Waals surface area (Å²) in [5, 5.41) is 6.43. The summed E-state index contributed by atoms with van der Waals surface area (Å²) in [6.07, 6.45) is 1.83. The van der Waals surface area contributed by atoms with E-state index in [0.717, 1.165) is 13.1 Å². The maximum absolute atomic E-state index is 11.1. The third-order valence-electron chi connectivity index (χ3n) is 3.17. The molecule has 0 aliphatic carbocycles. The van der Waals surface area contributed by atoms with Crippen molar-refractivity contribution in [3.63, 3.8) is 0 Å². The average molecular weight is 434 g/mol. The van der Waals surface area contributed by atoms with E-state index in [1.54, 1.807) is 7.05 Å². The topological polar surface area (TPSA) is 73.8 Å². The fourth-order valence-corrected chi connectivity index (χ4v) is 2.28. The molecule has 0 fully saturated rings. The van der Waals surface area contributed by atoms with Crippen molar-refractivity contribution >= 4 is 39.8 Å². The SMILES string of the molecule is CN=C(NCCN(C)C(C)C)NC(C)CCS(C)(=O)=O.I. The second-order valence-electron chi connectivity index (χ2n) is 5.54. The van der Waals surface area contributed by atoms with Crippen LogP contribution in [0.2, 0.25) is 0 Å². The Labute approximate surface area is 147 Å². The lowest BCUT2D eigenvalue weighted by atomic mass is 10.3. The highest BCUT2D eigenvalue weighted by molar-refractivity contribution is 14.0. The van der Waals surface area contributed by atoms with Crippen LogP contribution in [-0.4, -0.2) is 70.6 Å². The van der Waals surface area contributed by atoms with Crippen molar-refractivity contribution in [2.75, 3.05) is 39.2 Å². The van der Waals surface area contributed by atoms with Gasteiger partial charge < -0.3 is 15.5 Å². The van der Waals surface area contributed by atoms with Gasteiger partial charge in [-0.15, -0.1) is 24.0 Å². The summed E-state index contributed by atoms with van der Waals surface area (Å²) in [6, 6.07) is 0.583. The second kappa shape index (κ2) is 11.5. The second-order valence-corrected chi connectivity index (χ2v) is 7.80. The van der Waals surface area contributed by atoms with Crippen LogP contribution in [0.15, 0.2) is 4.99 Å². The molecule has 0 amide bonds. The summed E-state index contributed by atoms with van der Waals surface area (Å²) in [7, 11) is 0.887. The standard InChI is InChI=1S/C13H30N4O2S.HI/c1-11(2)17(5)9-8-15-13(14-4)16-12(3)7-10-20(6,18)19;/h11-12H,7-10H2,1-6H3,(H2,14,15,16);1H. The number of aliphatic imine (C=N–C) groups is 1. The van der Waals surface area contributed by atoms with E-state index in [1.807, 2.05) is 6.92 Å². The molecule has 0 aromatic carbocycles. The Bertz CT molecular complexity index is 399. The molecule has 0 spiro atoms. The van der Waals surface area contributed by atoms with Crippen LogP contribution in [-0.2, 0) is 9.84 Å². The van der Waals surface area contributed by atoms with Crippen LogP contribution in [0.4, 0.5) is 0 Å². The van der Waals surface area contributed by atoms with Gasteiger partial charge >= 0.3 is 0 Å². The maximum Gasteiger partial charge on any atom is 0.191 e. The molecule has 2 N–H and O–H groups in total. The Morgan fingerprint density at radius 1 is 1.29 bits per heavy atom. The zero-order valence-electron chi connectivity index (χ0n) is 14.0. The lowest BCUT2D eigenvalue weighted by molar-refractivity contribution is 0.278. The number of nitrogens with one attached hydrogen (secondary N) is 2. The van der Waals surface area contributed by atoms with Crippen LogP contribution in [0.5, 0.6) is 0 Å². The molecule has 0 aliphatic heterocycles. The van der Waals surface area contributed by atoms with E-state index >= 15 is 0 Å². The number of likely N-dealkylation sites (N-methyl/N-ethyl adjacent to an activating group) is 1. The van der Waals surface area contributed by atoms with E-state index < -0.39 is 9.84 Å². The summed E-state index contributed by atoms with van der Waals surface area (Å²) in [6.45, 7) is 7.99. The van der Waals surface area contributed by atoms with E-state index in [9.17, 15) is 8.42 Å². The van der Waals surface area contributed by atoms with Gasteiger partial charge in [0.1, 0.15) is 9.84 Å². The van der Waals surface area contributed by atoms with Crippen molar-refractivity contribution in [1.82, 2.24) is 15.5 Å². The predicted octanol–water partition coefficient (Wildman–Crippen LogP) is 0.933. The van der Waals surface area contributed by atoms with Crippen LogP contribution < -0.4 is 10.6 Å². The van der Waals surface area contributed by atoms with Gasteiger partial charge in [-0.2, -0.15) is 0 Å². The van der Waals surface area contributed by atoms with E-state index in [2.05, 4.69) is 41.4 Å². The van der Waals surface area contributed by atoms with E-state index in [4.69, 9.17) is 0 Å². The number of hydrogen-bond donors (Lipinski definition) is 2. The Morgan fingerprint density at radius 2 is 1.86 bits per heavy atom. The van der Waals surface area contributed by atoms with Crippen molar-refractivity contribution in [2.24, 2.45) is 4.99 Å². The molecule has 0 bridgehead atoms. The molecule has 0 aromatic heterocycles. The van der Waals surface area contributed by atoms with Crippen LogP contribution in [0.25, 0.3) is 0 Å². The highest BCUT2D eigenvalue weighted by atomic mass is 127. The first-order valence-corrected chi connectivity index (χ1v) is 9.07. The van der Waals surface area contributed by atoms with Gasteiger partial charge in [-0.05, 0) is 34.2 Å². The molecule has 8 heteroatoms. The van der Waals surface area contributed by atoms with E-state index in [0.29, 0.717) is 18.4 Å². The molecule has 1 unspecified atom stereocenters. The summed E-state index contributed by atoms with van der Waals surface area (Å²) in [4.78, 5) is 6.38. The number of halogens is 1. The van der Waals surface area contributed by atoms with Crippen LogP contribution in [0, 0.1) is 0 Å².